The molecule has 1 aromatic carbocycles. The Kier molecular flexibility index (Phi) is 3.67. The Hall–Kier alpha value is -1.41. The van der Waals surface area contributed by atoms with E-state index in [4.69, 9.17) is 10.7 Å². The molecule has 96 valence electrons. The summed E-state index contributed by atoms with van der Waals surface area (Å²) in [6.07, 6.45) is 1.00. The summed E-state index contributed by atoms with van der Waals surface area (Å²) in [5, 5.41) is 1.28. The van der Waals surface area contributed by atoms with Crippen LogP contribution in [0.3, 0.4) is 0 Å². The number of nitrogens with two attached hydrogens (primary N) is 1. The van der Waals surface area contributed by atoms with Crippen molar-refractivity contribution in [3.8, 4) is 0 Å². The molecule has 1 heterocycles. The van der Waals surface area contributed by atoms with Gasteiger partial charge in [-0.25, -0.2) is 0 Å². The van der Waals surface area contributed by atoms with E-state index in [1.54, 1.807) is 0 Å². The highest BCUT2D eigenvalue weighted by atomic mass is 14.7. The molecule has 0 radical (unpaired) electrons. The molecule has 2 nitrogen and oxygen atoms in total. The van der Waals surface area contributed by atoms with E-state index >= 15 is 0 Å². The fourth-order valence-electron chi connectivity index (χ4n) is 2.50. The summed E-state index contributed by atoms with van der Waals surface area (Å²) in [6.45, 7) is 9.28. The normalized spacial score (nSPS) is 12.9. The molecule has 2 heteroatoms. The molecular weight excluding hydrogens is 220 g/mol. The highest BCUT2D eigenvalue weighted by Crippen LogP contribution is 2.25. The fourth-order valence-corrected chi connectivity index (χ4v) is 2.50. The van der Waals surface area contributed by atoms with Crippen molar-refractivity contribution in [3.05, 3.63) is 40.6 Å². The summed E-state index contributed by atoms with van der Waals surface area (Å²) in [7, 11) is 0. The van der Waals surface area contributed by atoms with Crippen molar-refractivity contribution >= 4 is 10.9 Å². The molecule has 1 unspecified atom stereocenters. The van der Waals surface area contributed by atoms with Gasteiger partial charge in [-0.1, -0.05) is 18.6 Å². The monoisotopic (exact) mass is 242 g/mol. The average molecular weight is 242 g/mol. The number of aryl methyl sites for hydroxylation is 3. The zero-order chi connectivity index (χ0) is 13.3. The predicted molar refractivity (Wildman–Crippen MR) is 77.9 cm³/mol. The van der Waals surface area contributed by atoms with Crippen molar-refractivity contribution in [1.82, 2.24) is 4.98 Å². The zero-order valence-electron chi connectivity index (χ0n) is 11.7. The molecule has 0 aliphatic carbocycles. The lowest BCUT2D eigenvalue weighted by atomic mass is 9.95. The van der Waals surface area contributed by atoms with Gasteiger partial charge in [-0.05, 0) is 62.9 Å². The summed E-state index contributed by atoms with van der Waals surface area (Å²) in [4.78, 5) is 4.72. The first-order chi connectivity index (χ1) is 8.51. The van der Waals surface area contributed by atoms with Crippen LogP contribution in [-0.2, 0) is 6.42 Å². The minimum Gasteiger partial charge on any atom is -0.330 e. The maximum absolute atomic E-state index is 5.74. The Morgan fingerprint density at radius 2 is 1.89 bits per heavy atom. The number of hydrogen-bond acceptors (Lipinski definition) is 2. The van der Waals surface area contributed by atoms with Gasteiger partial charge < -0.3 is 5.73 Å². The third-order valence-corrected chi connectivity index (χ3v) is 3.44. The van der Waals surface area contributed by atoms with E-state index < -0.39 is 0 Å². The van der Waals surface area contributed by atoms with Crippen LogP contribution in [-0.4, -0.2) is 11.5 Å². The smallest absolute Gasteiger partial charge is 0.0740 e. The van der Waals surface area contributed by atoms with Crippen LogP contribution in [0.4, 0.5) is 0 Å². The molecule has 0 saturated heterocycles. The van der Waals surface area contributed by atoms with Crippen LogP contribution in [0.2, 0.25) is 0 Å². The number of hydrogen-bond donors (Lipinski definition) is 1. The third kappa shape index (κ3) is 2.54. The third-order valence-electron chi connectivity index (χ3n) is 3.44. The standard InChI is InChI=1S/C16H22N2/c1-10-5-14(6-11(2)9-17)16-15(7-10)12(3)8-13(4)18-16/h5,7-8,11H,6,9,17H2,1-4H3. The number of rotatable bonds is 3. The van der Waals surface area contributed by atoms with Gasteiger partial charge in [0, 0.05) is 11.1 Å². The maximum Gasteiger partial charge on any atom is 0.0740 e. The van der Waals surface area contributed by atoms with E-state index in [9.17, 15) is 0 Å². The Balaban J connectivity index is 2.64. The highest BCUT2D eigenvalue weighted by molar-refractivity contribution is 5.86. The zero-order valence-corrected chi connectivity index (χ0v) is 11.7. The van der Waals surface area contributed by atoms with Crippen molar-refractivity contribution in [1.29, 1.82) is 0 Å². The molecule has 1 aromatic heterocycles. The number of benzene rings is 1. The van der Waals surface area contributed by atoms with Crippen molar-refractivity contribution in [2.24, 2.45) is 11.7 Å². The molecule has 2 rings (SSSR count). The van der Waals surface area contributed by atoms with Crippen molar-refractivity contribution < 1.29 is 0 Å². The van der Waals surface area contributed by atoms with E-state index in [0.29, 0.717) is 5.92 Å². The predicted octanol–water partition coefficient (Wildman–Crippen LogP) is 3.30. The fraction of sp³-hybridized carbons (Fsp3) is 0.438. The number of pyridine rings is 1. The molecular formula is C16H22N2. The van der Waals surface area contributed by atoms with Gasteiger partial charge in [0.25, 0.3) is 0 Å². The summed E-state index contributed by atoms with van der Waals surface area (Å²) >= 11 is 0. The largest absolute Gasteiger partial charge is 0.330 e. The molecule has 18 heavy (non-hydrogen) atoms. The van der Waals surface area contributed by atoms with E-state index in [0.717, 1.165) is 24.2 Å². The van der Waals surface area contributed by atoms with Gasteiger partial charge >= 0.3 is 0 Å². The lowest BCUT2D eigenvalue weighted by molar-refractivity contribution is 0.594. The van der Waals surface area contributed by atoms with Crippen LogP contribution in [0.5, 0.6) is 0 Å². The first kappa shape index (κ1) is 13.0. The average Bonchev–Trinajstić information content (AvgIpc) is 2.30. The second kappa shape index (κ2) is 5.07. The van der Waals surface area contributed by atoms with Gasteiger partial charge in [-0.15, -0.1) is 0 Å². The molecule has 0 saturated carbocycles. The molecule has 1 atom stereocenters. The van der Waals surface area contributed by atoms with Crippen molar-refractivity contribution in [3.63, 3.8) is 0 Å². The van der Waals surface area contributed by atoms with Crippen LogP contribution in [0.25, 0.3) is 10.9 Å². The van der Waals surface area contributed by atoms with Crippen LogP contribution in [0.1, 0.15) is 29.3 Å². The van der Waals surface area contributed by atoms with E-state index in [1.165, 1.54) is 22.1 Å². The number of aromatic nitrogens is 1. The SMILES string of the molecule is Cc1cc(CC(C)CN)c2nc(C)cc(C)c2c1. The van der Waals surface area contributed by atoms with Gasteiger partial charge in [-0.2, -0.15) is 0 Å². The van der Waals surface area contributed by atoms with Crippen LogP contribution < -0.4 is 5.73 Å². The van der Waals surface area contributed by atoms with Gasteiger partial charge in [0.2, 0.25) is 0 Å². The Bertz CT molecular complexity index is 573. The molecule has 0 aliphatic heterocycles. The molecule has 2 N–H and O–H groups in total. The van der Waals surface area contributed by atoms with Gasteiger partial charge in [-0.3, -0.25) is 4.98 Å². The van der Waals surface area contributed by atoms with E-state index in [1.807, 2.05) is 0 Å². The molecule has 0 fully saturated rings. The minimum atomic E-state index is 0.498. The summed E-state index contributed by atoms with van der Waals surface area (Å²) in [5.74, 6) is 0.498. The minimum absolute atomic E-state index is 0.498. The van der Waals surface area contributed by atoms with Gasteiger partial charge in [0.05, 0.1) is 5.52 Å². The first-order valence-corrected chi connectivity index (χ1v) is 6.58. The quantitative estimate of drug-likeness (QED) is 0.897. The maximum atomic E-state index is 5.74. The van der Waals surface area contributed by atoms with Crippen molar-refractivity contribution in [2.75, 3.05) is 6.54 Å². The lowest BCUT2D eigenvalue weighted by Gasteiger charge is -2.13. The molecule has 2 aromatic rings. The topological polar surface area (TPSA) is 38.9 Å². The summed E-state index contributed by atoms with van der Waals surface area (Å²) < 4.78 is 0. The molecule has 0 spiro atoms. The van der Waals surface area contributed by atoms with E-state index in [-0.39, 0.29) is 0 Å². The summed E-state index contributed by atoms with van der Waals surface area (Å²) in [6, 6.07) is 6.63. The molecule has 0 bridgehead atoms. The Morgan fingerprint density at radius 3 is 2.56 bits per heavy atom. The van der Waals surface area contributed by atoms with Gasteiger partial charge in [0.1, 0.15) is 0 Å². The highest BCUT2D eigenvalue weighted by Gasteiger charge is 2.10. The van der Waals surface area contributed by atoms with Crippen LogP contribution in [0, 0.1) is 26.7 Å². The van der Waals surface area contributed by atoms with Gasteiger partial charge in [0.15, 0.2) is 0 Å². The van der Waals surface area contributed by atoms with Crippen molar-refractivity contribution in [2.45, 2.75) is 34.1 Å². The Labute approximate surface area is 109 Å². The van der Waals surface area contributed by atoms with Crippen LogP contribution >= 0.6 is 0 Å². The second-order valence-corrected chi connectivity index (χ2v) is 5.45. The first-order valence-electron chi connectivity index (χ1n) is 6.58. The number of fused-ring (bicyclic) bond motifs is 1. The lowest BCUT2D eigenvalue weighted by Crippen LogP contribution is -2.13. The summed E-state index contributed by atoms with van der Waals surface area (Å²) in [5.41, 5.74) is 11.9. The number of nitrogens with zero attached hydrogens (tertiary/aromatic N) is 1. The van der Waals surface area contributed by atoms with E-state index in [2.05, 4.69) is 45.9 Å². The molecule has 0 amide bonds. The Morgan fingerprint density at radius 1 is 1.17 bits per heavy atom. The van der Waals surface area contributed by atoms with Crippen LogP contribution in [0.15, 0.2) is 18.2 Å². The second-order valence-electron chi connectivity index (χ2n) is 5.45. The molecule has 0 aliphatic rings.